The van der Waals surface area contributed by atoms with Crippen molar-refractivity contribution in [1.82, 2.24) is 10.2 Å². The van der Waals surface area contributed by atoms with E-state index in [2.05, 4.69) is 15.2 Å². The molecule has 0 aliphatic carbocycles. The second-order valence-corrected chi connectivity index (χ2v) is 5.97. The first-order chi connectivity index (χ1) is 12.1. The van der Waals surface area contributed by atoms with E-state index in [1.807, 2.05) is 6.92 Å². The predicted octanol–water partition coefficient (Wildman–Crippen LogP) is 2.44. The Morgan fingerprint density at radius 1 is 1.27 bits per heavy atom. The number of hydrogen-bond acceptors (Lipinski definition) is 4. The minimum Gasteiger partial charge on any atom is -0.382 e. The van der Waals surface area contributed by atoms with Gasteiger partial charge in [-0.3, -0.25) is 4.99 Å². The zero-order valence-electron chi connectivity index (χ0n) is 15.6. The monoisotopic (exact) mass is 481 g/mol. The molecule has 1 aliphatic rings. The van der Waals surface area contributed by atoms with Gasteiger partial charge in [0.1, 0.15) is 11.9 Å². The predicted molar refractivity (Wildman–Crippen MR) is 111 cm³/mol. The van der Waals surface area contributed by atoms with Crippen molar-refractivity contribution in [3.8, 4) is 0 Å². The summed E-state index contributed by atoms with van der Waals surface area (Å²) in [5, 5.41) is 3.31. The van der Waals surface area contributed by atoms with Gasteiger partial charge in [0.15, 0.2) is 5.96 Å². The molecule has 8 heteroatoms. The van der Waals surface area contributed by atoms with Crippen LogP contribution in [0.25, 0.3) is 0 Å². The maximum absolute atomic E-state index is 13.1. The Labute approximate surface area is 172 Å². The van der Waals surface area contributed by atoms with Crippen molar-refractivity contribution < 1.29 is 18.6 Å². The van der Waals surface area contributed by atoms with E-state index < -0.39 is 0 Å². The van der Waals surface area contributed by atoms with Crippen LogP contribution in [0.2, 0.25) is 0 Å². The molecule has 0 amide bonds. The molecular weight excluding hydrogens is 452 g/mol. The van der Waals surface area contributed by atoms with Crippen molar-refractivity contribution in [2.45, 2.75) is 19.1 Å². The molecule has 1 saturated heterocycles. The highest BCUT2D eigenvalue weighted by Gasteiger charge is 2.28. The van der Waals surface area contributed by atoms with Crippen LogP contribution in [0.5, 0.6) is 0 Å². The van der Waals surface area contributed by atoms with E-state index in [-0.39, 0.29) is 42.0 Å². The molecule has 2 unspecified atom stereocenters. The third kappa shape index (κ3) is 7.34. The summed E-state index contributed by atoms with van der Waals surface area (Å²) in [6.45, 7) is 5.88. The number of nitrogens with zero attached hydrogens (tertiary/aromatic N) is 2. The lowest BCUT2D eigenvalue weighted by Gasteiger charge is -2.38. The Hall–Kier alpha value is -0.970. The Balaban J connectivity index is 0.00000338. The van der Waals surface area contributed by atoms with Gasteiger partial charge in [0.25, 0.3) is 0 Å². The van der Waals surface area contributed by atoms with Crippen LogP contribution in [-0.4, -0.2) is 70.6 Å². The van der Waals surface area contributed by atoms with Crippen LogP contribution in [0, 0.1) is 5.82 Å². The molecule has 0 bridgehead atoms. The molecule has 1 aromatic rings. The van der Waals surface area contributed by atoms with Crippen molar-refractivity contribution >= 4 is 29.9 Å². The van der Waals surface area contributed by atoms with Crippen LogP contribution in [0.1, 0.15) is 18.6 Å². The highest BCUT2D eigenvalue weighted by molar-refractivity contribution is 14.0. The fourth-order valence-electron chi connectivity index (χ4n) is 2.80. The minimum atomic E-state index is -0.240. The summed E-state index contributed by atoms with van der Waals surface area (Å²) in [6, 6.07) is 6.48. The van der Waals surface area contributed by atoms with Crippen LogP contribution in [0.4, 0.5) is 4.39 Å². The van der Waals surface area contributed by atoms with Gasteiger partial charge in [-0.25, -0.2) is 4.39 Å². The number of methoxy groups -OCH3 is 1. The fourth-order valence-corrected chi connectivity index (χ4v) is 2.80. The molecule has 1 heterocycles. The van der Waals surface area contributed by atoms with Gasteiger partial charge in [-0.15, -0.1) is 24.0 Å². The molecule has 6 nitrogen and oxygen atoms in total. The Morgan fingerprint density at radius 2 is 2.00 bits per heavy atom. The zero-order chi connectivity index (χ0) is 18.1. The molecule has 2 rings (SSSR count). The van der Waals surface area contributed by atoms with E-state index >= 15 is 0 Å². The third-order valence-electron chi connectivity index (χ3n) is 3.97. The van der Waals surface area contributed by atoms with Gasteiger partial charge in [0.2, 0.25) is 0 Å². The number of morpholine rings is 1. The van der Waals surface area contributed by atoms with Crippen LogP contribution < -0.4 is 5.32 Å². The summed E-state index contributed by atoms with van der Waals surface area (Å²) >= 11 is 0. The molecule has 0 radical (unpaired) electrons. The number of hydrogen-bond donors (Lipinski definition) is 1. The van der Waals surface area contributed by atoms with Crippen LogP contribution >= 0.6 is 24.0 Å². The van der Waals surface area contributed by atoms with E-state index in [1.165, 1.54) is 12.1 Å². The standard InChI is InChI=1S/C18H28FN3O3.HI/c1-14-12-22(18(20-2)21-8-9-24-11-10-23-3)13-17(25-14)15-4-6-16(19)7-5-15;/h4-7,14,17H,8-13H2,1-3H3,(H,20,21);1H. The molecule has 0 aromatic heterocycles. The largest absolute Gasteiger partial charge is 0.382 e. The summed E-state index contributed by atoms with van der Waals surface area (Å²) in [6.07, 6.45) is -0.0545. The molecule has 0 saturated carbocycles. The van der Waals surface area contributed by atoms with Crippen LogP contribution in [-0.2, 0) is 14.2 Å². The minimum absolute atomic E-state index is 0. The van der Waals surface area contributed by atoms with Gasteiger partial charge in [-0.1, -0.05) is 12.1 Å². The normalized spacial score (nSPS) is 20.6. The van der Waals surface area contributed by atoms with Gasteiger partial charge in [-0.05, 0) is 24.6 Å². The molecular formula is C18H29FIN3O3. The first-order valence-corrected chi connectivity index (χ1v) is 8.57. The lowest BCUT2D eigenvalue weighted by molar-refractivity contribution is -0.0605. The van der Waals surface area contributed by atoms with Gasteiger partial charge >= 0.3 is 0 Å². The number of aliphatic imine (C=N–C) groups is 1. The Kier molecular flexibility index (Phi) is 11.0. The lowest BCUT2D eigenvalue weighted by atomic mass is 10.1. The highest BCUT2D eigenvalue weighted by Crippen LogP contribution is 2.25. The van der Waals surface area contributed by atoms with E-state index in [1.54, 1.807) is 26.3 Å². The summed E-state index contributed by atoms with van der Waals surface area (Å²) in [5.74, 6) is 0.577. The summed E-state index contributed by atoms with van der Waals surface area (Å²) in [7, 11) is 3.42. The molecule has 0 spiro atoms. The second-order valence-electron chi connectivity index (χ2n) is 5.97. The van der Waals surface area contributed by atoms with Crippen LogP contribution in [0.15, 0.2) is 29.3 Å². The van der Waals surface area contributed by atoms with E-state index in [4.69, 9.17) is 14.2 Å². The van der Waals surface area contributed by atoms with Gasteiger partial charge in [0, 0.05) is 27.2 Å². The quantitative estimate of drug-likeness (QED) is 0.281. The smallest absolute Gasteiger partial charge is 0.193 e. The van der Waals surface area contributed by atoms with Crippen molar-refractivity contribution in [3.63, 3.8) is 0 Å². The van der Waals surface area contributed by atoms with Gasteiger partial charge < -0.3 is 24.4 Å². The van der Waals surface area contributed by atoms with E-state index in [0.29, 0.717) is 32.9 Å². The number of rotatable bonds is 7. The fraction of sp³-hybridized carbons (Fsp3) is 0.611. The topological polar surface area (TPSA) is 55.3 Å². The number of benzene rings is 1. The molecule has 1 N–H and O–H groups in total. The lowest BCUT2D eigenvalue weighted by Crippen LogP contribution is -2.51. The summed E-state index contributed by atoms with van der Waals surface area (Å²) < 4.78 is 29.6. The first kappa shape index (κ1) is 23.1. The number of guanidine groups is 1. The molecule has 2 atom stereocenters. The number of nitrogens with one attached hydrogen (secondary N) is 1. The maximum atomic E-state index is 13.1. The molecule has 1 fully saturated rings. The molecule has 26 heavy (non-hydrogen) atoms. The highest BCUT2D eigenvalue weighted by atomic mass is 127. The maximum Gasteiger partial charge on any atom is 0.193 e. The van der Waals surface area contributed by atoms with E-state index in [0.717, 1.165) is 18.1 Å². The van der Waals surface area contributed by atoms with Crippen molar-refractivity contribution in [3.05, 3.63) is 35.6 Å². The van der Waals surface area contributed by atoms with E-state index in [9.17, 15) is 4.39 Å². The van der Waals surface area contributed by atoms with Crippen molar-refractivity contribution in [1.29, 1.82) is 0 Å². The van der Waals surface area contributed by atoms with Crippen molar-refractivity contribution in [2.75, 3.05) is 53.6 Å². The molecule has 148 valence electrons. The average Bonchev–Trinajstić information content (AvgIpc) is 2.61. The zero-order valence-corrected chi connectivity index (χ0v) is 17.9. The van der Waals surface area contributed by atoms with Crippen LogP contribution in [0.3, 0.4) is 0 Å². The number of halogens is 2. The third-order valence-corrected chi connectivity index (χ3v) is 3.97. The number of ether oxygens (including phenoxy) is 3. The SMILES string of the molecule is CN=C(NCCOCCOC)N1CC(C)OC(c2ccc(F)cc2)C1.I. The Morgan fingerprint density at radius 3 is 2.65 bits per heavy atom. The first-order valence-electron chi connectivity index (χ1n) is 8.57. The van der Waals surface area contributed by atoms with Crippen molar-refractivity contribution in [2.24, 2.45) is 4.99 Å². The molecule has 1 aliphatic heterocycles. The van der Waals surface area contributed by atoms with Gasteiger partial charge in [0.05, 0.1) is 32.5 Å². The summed E-state index contributed by atoms with van der Waals surface area (Å²) in [5.41, 5.74) is 0.969. The average molecular weight is 481 g/mol. The Bertz CT molecular complexity index is 545. The van der Waals surface area contributed by atoms with Gasteiger partial charge in [-0.2, -0.15) is 0 Å². The molecule has 1 aromatic carbocycles. The summed E-state index contributed by atoms with van der Waals surface area (Å²) in [4.78, 5) is 6.52. The second kappa shape index (κ2) is 12.4.